The minimum atomic E-state index is -0.288. The summed E-state index contributed by atoms with van der Waals surface area (Å²) in [6.45, 7) is 2.01. The van der Waals surface area contributed by atoms with E-state index in [0.29, 0.717) is 15.9 Å². The van der Waals surface area contributed by atoms with Crippen LogP contribution in [0.1, 0.15) is 12.5 Å². The Morgan fingerprint density at radius 3 is 2.81 bits per heavy atom. The van der Waals surface area contributed by atoms with Crippen molar-refractivity contribution >= 4 is 28.3 Å². The second-order valence-corrected chi connectivity index (χ2v) is 3.93. The molecule has 0 spiro atoms. The van der Waals surface area contributed by atoms with Crippen LogP contribution in [0.3, 0.4) is 0 Å². The Morgan fingerprint density at radius 2 is 2.19 bits per heavy atom. The SMILES string of the molecule is CCc1cc2c(F)ccc(Cl)c2nc1NC. The molecule has 0 fully saturated rings. The van der Waals surface area contributed by atoms with E-state index >= 15 is 0 Å². The van der Waals surface area contributed by atoms with Crippen LogP contribution >= 0.6 is 11.6 Å². The molecule has 16 heavy (non-hydrogen) atoms. The van der Waals surface area contributed by atoms with Crippen LogP contribution in [0.4, 0.5) is 10.2 Å². The van der Waals surface area contributed by atoms with Gasteiger partial charge in [0.25, 0.3) is 0 Å². The zero-order chi connectivity index (χ0) is 11.7. The first-order chi connectivity index (χ1) is 7.67. The predicted molar refractivity (Wildman–Crippen MR) is 65.6 cm³/mol. The van der Waals surface area contributed by atoms with Crippen molar-refractivity contribution in [1.82, 2.24) is 4.98 Å². The minimum absolute atomic E-state index is 0.288. The molecule has 0 saturated carbocycles. The highest BCUT2D eigenvalue weighted by Gasteiger charge is 2.10. The van der Waals surface area contributed by atoms with Crippen molar-refractivity contribution < 1.29 is 4.39 Å². The molecule has 0 atom stereocenters. The van der Waals surface area contributed by atoms with E-state index in [1.165, 1.54) is 12.1 Å². The number of anilines is 1. The molecule has 1 heterocycles. The lowest BCUT2D eigenvalue weighted by Crippen LogP contribution is -1.99. The van der Waals surface area contributed by atoms with Gasteiger partial charge < -0.3 is 5.32 Å². The van der Waals surface area contributed by atoms with Gasteiger partial charge in [-0.1, -0.05) is 18.5 Å². The van der Waals surface area contributed by atoms with E-state index in [2.05, 4.69) is 10.3 Å². The number of aromatic nitrogens is 1. The first kappa shape index (κ1) is 11.1. The lowest BCUT2D eigenvalue weighted by molar-refractivity contribution is 0.639. The number of pyridine rings is 1. The van der Waals surface area contributed by atoms with Gasteiger partial charge in [0.2, 0.25) is 0 Å². The smallest absolute Gasteiger partial charge is 0.132 e. The van der Waals surface area contributed by atoms with Crippen LogP contribution in [-0.2, 0) is 6.42 Å². The third-order valence-electron chi connectivity index (χ3n) is 2.58. The summed E-state index contributed by atoms with van der Waals surface area (Å²) in [6.07, 6.45) is 0.797. The maximum absolute atomic E-state index is 13.6. The van der Waals surface area contributed by atoms with E-state index in [9.17, 15) is 4.39 Å². The summed E-state index contributed by atoms with van der Waals surface area (Å²) >= 11 is 6.00. The molecular weight excluding hydrogens is 227 g/mol. The molecule has 0 aliphatic carbocycles. The Hall–Kier alpha value is -1.35. The number of aryl methyl sites for hydroxylation is 1. The zero-order valence-electron chi connectivity index (χ0n) is 9.14. The van der Waals surface area contributed by atoms with Gasteiger partial charge in [0.1, 0.15) is 11.6 Å². The van der Waals surface area contributed by atoms with Crippen molar-refractivity contribution in [2.24, 2.45) is 0 Å². The van der Waals surface area contributed by atoms with Gasteiger partial charge in [-0.15, -0.1) is 0 Å². The average Bonchev–Trinajstić information content (AvgIpc) is 2.32. The van der Waals surface area contributed by atoms with Gasteiger partial charge in [0.05, 0.1) is 10.5 Å². The lowest BCUT2D eigenvalue weighted by atomic mass is 10.1. The van der Waals surface area contributed by atoms with Crippen LogP contribution in [0, 0.1) is 5.82 Å². The van der Waals surface area contributed by atoms with Crippen molar-refractivity contribution in [3.63, 3.8) is 0 Å². The Morgan fingerprint density at radius 1 is 1.44 bits per heavy atom. The highest BCUT2D eigenvalue weighted by atomic mass is 35.5. The second kappa shape index (κ2) is 4.26. The quantitative estimate of drug-likeness (QED) is 0.864. The summed E-state index contributed by atoms with van der Waals surface area (Å²) in [6, 6.07) is 4.69. The predicted octanol–water partition coefficient (Wildman–Crippen LogP) is 3.63. The highest BCUT2D eigenvalue weighted by Crippen LogP contribution is 2.28. The number of nitrogens with one attached hydrogen (secondary N) is 1. The van der Waals surface area contributed by atoms with Crippen LogP contribution in [0.5, 0.6) is 0 Å². The fraction of sp³-hybridized carbons (Fsp3) is 0.250. The van der Waals surface area contributed by atoms with Crippen molar-refractivity contribution in [2.75, 3.05) is 12.4 Å². The third-order valence-corrected chi connectivity index (χ3v) is 2.88. The Balaban J connectivity index is 2.82. The molecular formula is C12H12ClFN2. The third kappa shape index (κ3) is 1.71. The maximum Gasteiger partial charge on any atom is 0.132 e. The standard InChI is InChI=1S/C12H12ClFN2/c1-3-7-6-8-10(14)5-4-9(13)11(8)16-12(7)15-2/h4-6H,3H2,1-2H3,(H,15,16). The number of hydrogen-bond acceptors (Lipinski definition) is 2. The number of benzene rings is 1. The van der Waals surface area contributed by atoms with Crippen LogP contribution in [-0.4, -0.2) is 12.0 Å². The topological polar surface area (TPSA) is 24.9 Å². The van der Waals surface area contributed by atoms with Gasteiger partial charge in [-0.2, -0.15) is 0 Å². The molecule has 0 radical (unpaired) electrons. The molecule has 2 rings (SSSR count). The Kier molecular flexibility index (Phi) is 2.97. The van der Waals surface area contributed by atoms with Crippen molar-refractivity contribution in [3.8, 4) is 0 Å². The molecule has 0 bridgehead atoms. The summed E-state index contributed by atoms with van der Waals surface area (Å²) in [5.74, 6) is 0.465. The van der Waals surface area contributed by atoms with E-state index in [4.69, 9.17) is 11.6 Å². The Bertz CT molecular complexity index is 492. The number of rotatable bonds is 2. The monoisotopic (exact) mass is 238 g/mol. The lowest BCUT2D eigenvalue weighted by Gasteiger charge is -2.09. The number of halogens is 2. The molecule has 2 aromatic rings. The number of hydrogen-bond donors (Lipinski definition) is 1. The van der Waals surface area contributed by atoms with Crippen molar-refractivity contribution in [3.05, 3.63) is 34.6 Å². The fourth-order valence-electron chi connectivity index (χ4n) is 1.72. The number of nitrogens with zero attached hydrogens (tertiary/aromatic N) is 1. The van der Waals surface area contributed by atoms with E-state index in [1.807, 2.05) is 6.92 Å². The van der Waals surface area contributed by atoms with Gasteiger partial charge in [-0.25, -0.2) is 9.37 Å². The fourth-order valence-corrected chi connectivity index (χ4v) is 1.93. The highest BCUT2D eigenvalue weighted by molar-refractivity contribution is 6.35. The van der Waals surface area contributed by atoms with E-state index in [0.717, 1.165) is 17.8 Å². The van der Waals surface area contributed by atoms with Gasteiger partial charge in [-0.3, -0.25) is 0 Å². The normalized spacial score (nSPS) is 10.8. The van der Waals surface area contributed by atoms with Gasteiger partial charge in [-0.05, 0) is 30.2 Å². The van der Waals surface area contributed by atoms with Crippen molar-refractivity contribution in [1.29, 1.82) is 0 Å². The summed E-state index contributed by atoms with van der Waals surface area (Å²) in [5, 5.41) is 3.94. The van der Waals surface area contributed by atoms with Gasteiger partial charge >= 0.3 is 0 Å². The summed E-state index contributed by atoms with van der Waals surface area (Å²) in [7, 11) is 1.79. The zero-order valence-corrected chi connectivity index (χ0v) is 9.90. The molecule has 84 valence electrons. The largest absolute Gasteiger partial charge is 0.373 e. The molecule has 0 aliphatic rings. The minimum Gasteiger partial charge on any atom is -0.373 e. The van der Waals surface area contributed by atoms with E-state index in [-0.39, 0.29) is 5.82 Å². The molecule has 0 saturated heterocycles. The second-order valence-electron chi connectivity index (χ2n) is 3.53. The molecule has 0 amide bonds. The number of fused-ring (bicyclic) bond motifs is 1. The molecule has 1 aromatic carbocycles. The molecule has 1 N–H and O–H groups in total. The molecule has 2 nitrogen and oxygen atoms in total. The summed E-state index contributed by atoms with van der Waals surface area (Å²) in [5.41, 5.74) is 1.49. The van der Waals surface area contributed by atoms with Crippen molar-refractivity contribution in [2.45, 2.75) is 13.3 Å². The average molecular weight is 239 g/mol. The van der Waals surface area contributed by atoms with Crippen LogP contribution in [0.25, 0.3) is 10.9 Å². The van der Waals surface area contributed by atoms with Crippen LogP contribution in [0.2, 0.25) is 5.02 Å². The van der Waals surface area contributed by atoms with E-state index < -0.39 is 0 Å². The Labute approximate surface area is 98.4 Å². The molecule has 1 aromatic heterocycles. The van der Waals surface area contributed by atoms with Crippen LogP contribution in [0.15, 0.2) is 18.2 Å². The van der Waals surface area contributed by atoms with Gasteiger partial charge in [0.15, 0.2) is 0 Å². The van der Waals surface area contributed by atoms with E-state index in [1.54, 1.807) is 13.1 Å². The molecule has 4 heteroatoms. The summed E-state index contributed by atoms with van der Waals surface area (Å²) in [4.78, 5) is 4.34. The van der Waals surface area contributed by atoms with Gasteiger partial charge in [0, 0.05) is 12.4 Å². The molecule has 0 aliphatic heterocycles. The first-order valence-electron chi connectivity index (χ1n) is 5.12. The first-order valence-corrected chi connectivity index (χ1v) is 5.50. The molecule has 0 unspecified atom stereocenters. The maximum atomic E-state index is 13.6. The van der Waals surface area contributed by atoms with Crippen LogP contribution < -0.4 is 5.32 Å². The summed E-state index contributed by atoms with van der Waals surface area (Å²) < 4.78 is 13.6.